The van der Waals surface area contributed by atoms with Crippen LogP contribution in [-0.2, 0) is 9.53 Å². The smallest absolute Gasteiger partial charge is 0.343 e. The van der Waals surface area contributed by atoms with Crippen molar-refractivity contribution < 1.29 is 27.8 Å². The van der Waals surface area contributed by atoms with E-state index >= 15 is 0 Å². The molecule has 0 unspecified atom stereocenters. The molecule has 25 heavy (non-hydrogen) atoms. The molecule has 1 N–H and O–H groups in total. The van der Waals surface area contributed by atoms with Crippen LogP contribution in [0.5, 0.6) is 0 Å². The Balaban J connectivity index is 2.54. The largest absolute Gasteiger partial charge is 0.506 e. The Hall–Kier alpha value is -2.31. The highest BCUT2D eigenvalue weighted by Crippen LogP contribution is 2.26. The zero-order valence-corrected chi connectivity index (χ0v) is 14.1. The second-order valence-corrected chi connectivity index (χ2v) is 5.84. The normalized spacial score (nSPS) is 16.8. The van der Waals surface area contributed by atoms with Gasteiger partial charge < -0.3 is 9.84 Å². The molecule has 0 bridgehead atoms. The first kappa shape index (κ1) is 19.0. The molecule has 0 spiro atoms. The molecule has 1 aliphatic carbocycles. The Morgan fingerprint density at radius 2 is 1.80 bits per heavy atom. The molecule has 4 nitrogen and oxygen atoms in total. The predicted molar refractivity (Wildman–Crippen MR) is 87.9 cm³/mol. The minimum atomic E-state index is -1.39. The van der Waals surface area contributed by atoms with E-state index in [9.17, 15) is 23.1 Å². The van der Waals surface area contributed by atoms with Crippen LogP contribution in [0, 0.1) is 17.5 Å². The molecule has 2 rings (SSSR count). The highest BCUT2D eigenvalue weighted by atomic mass is 19.2. The van der Waals surface area contributed by atoms with Gasteiger partial charge in [0.2, 0.25) is 0 Å². The van der Waals surface area contributed by atoms with E-state index < -0.39 is 34.7 Å². The maximum atomic E-state index is 14.0. The quantitative estimate of drug-likeness (QED) is 0.281. The average molecular weight is 355 g/mol. The van der Waals surface area contributed by atoms with Gasteiger partial charge in [-0.25, -0.2) is 18.0 Å². The van der Waals surface area contributed by atoms with Crippen molar-refractivity contribution in [2.45, 2.75) is 45.6 Å². The Morgan fingerprint density at radius 3 is 2.40 bits per heavy atom. The Bertz CT molecular complexity index is 723. The Kier molecular flexibility index (Phi) is 6.22. The van der Waals surface area contributed by atoms with Crippen LogP contribution in [0.15, 0.2) is 22.7 Å². The Morgan fingerprint density at radius 1 is 1.20 bits per heavy atom. The fraction of sp³-hybridized carbons (Fsp3) is 0.444. The molecule has 0 atom stereocenters. The molecular weight excluding hydrogens is 335 g/mol. The van der Waals surface area contributed by atoms with Gasteiger partial charge in [0.25, 0.3) is 0 Å². The van der Waals surface area contributed by atoms with Gasteiger partial charge in [-0.3, -0.25) is 4.99 Å². The zero-order chi connectivity index (χ0) is 18.6. The second kappa shape index (κ2) is 8.18. The SMILES string of the molecule is CCOC(=O)C(C(C)=NC1CCCC1)=C(O)c1cc(F)c(F)cc1F. The van der Waals surface area contributed by atoms with Gasteiger partial charge in [-0.1, -0.05) is 12.8 Å². The first-order valence-corrected chi connectivity index (χ1v) is 8.15. The van der Waals surface area contributed by atoms with Crippen LogP contribution in [0.3, 0.4) is 0 Å². The van der Waals surface area contributed by atoms with Gasteiger partial charge in [0.1, 0.15) is 17.1 Å². The molecule has 0 aromatic heterocycles. The second-order valence-electron chi connectivity index (χ2n) is 5.84. The molecule has 1 fully saturated rings. The van der Waals surface area contributed by atoms with Gasteiger partial charge in [0.15, 0.2) is 11.6 Å². The van der Waals surface area contributed by atoms with Crippen LogP contribution < -0.4 is 0 Å². The number of esters is 1. The van der Waals surface area contributed by atoms with Crippen LogP contribution in [0.2, 0.25) is 0 Å². The summed E-state index contributed by atoms with van der Waals surface area (Å²) in [5.41, 5.74) is -0.798. The van der Waals surface area contributed by atoms with Gasteiger partial charge in [0, 0.05) is 6.07 Å². The molecule has 1 aromatic carbocycles. The number of carbonyl (C=O) groups is 1. The lowest BCUT2D eigenvalue weighted by Crippen LogP contribution is -2.18. The van der Waals surface area contributed by atoms with Crippen molar-refractivity contribution in [1.82, 2.24) is 0 Å². The molecule has 1 aliphatic rings. The number of halogens is 3. The summed E-state index contributed by atoms with van der Waals surface area (Å²) in [5.74, 6) is -5.64. The number of rotatable bonds is 5. The third-order valence-corrected chi connectivity index (χ3v) is 4.04. The lowest BCUT2D eigenvalue weighted by Gasteiger charge is -2.13. The van der Waals surface area contributed by atoms with Crippen molar-refractivity contribution in [3.05, 3.63) is 40.7 Å². The maximum Gasteiger partial charge on any atom is 0.343 e. The summed E-state index contributed by atoms with van der Waals surface area (Å²) in [5, 5.41) is 10.4. The minimum Gasteiger partial charge on any atom is -0.506 e. The topological polar surface area (TPSA) is 58.9 Å². The van der Waals surface area contributed by atoms with Crippen LogP contribution in [0.25, 0.3) is 5.76 Å². The van der Waals surface area contributed by atoms with E-state index in [4.69, 9.17) is 4.74 Å². The molecule has 0 aliphatic heterocycles. The van der Waals surface area contributed by atoms with Gasteiger partial charge in [-0.15, -0.1) is 0 Å². The van der Waals surface area contributed by atoms with Gasteiger partial charge in [0.05, 0.1) is 23.9 Å². The first-order chi connectivity index (χ1) is 11.8. The minimum absolute atomic E-state index is 0.00651. The fourth-order valence-corrected chi connectivity index (χ4v) is 2.83. The van der Waals surface area contributed by atoms with Crippen LogP contribution in [0.4, 0.5) is 13.2 Å². The molecule has 7 heteroatoms. The monoisotopic (exact) mass is 355 g/mol. The maximum absolute atomic E-state index is 14.0. The number of aliphatic hydroxyl groups is 1. The fourth-order valence-electron chi connectivity index (χ4n) is 2.83. The summed E-state index contributed by atoms with van der Waals surface area (Å²) in [6.45, 7) is 3.11. The average Bonchev–Trinajstić information content (AvgIpc) is 3.04. The molecule has 0 saturated heterocycles. The van der Waals surface area contributed by atoms with E-state index in [-0.39, 0.29) is 23.9 Å². The summed E-state index contributed by atoms with van der Waals surface area (Å²) < 4.78 is 45.4. The number of aliphatic imine (C=N–C) groups is 1. The van der Waals surface area contributed by atoms with E-state index in [1.807, 2.05) is 0 Å². The first-order valence-electron chi connectivity index (χ1n) is 8.15. The van der Waals surface area contributed by atoms with Gasteiger partial charge in [-0.05, 0) is 32.8 Å². The molecule has 0 heterocycles. The van der Waals surface area contributed by atoms with Crippen LogP contribution in [-0.4, -0.2) is 29.4 Å². The molecule has 1 saturated carbocycles. The van der Waals surface area contributed by atoms with Crippen molar-refractivity contribution in [1.29, 1.82) is 0 Å². The third-order valence-electron chi connectivity index (χ3n) is 4.04. The number of nitrogens with zero attached hydrogens (tertiary/aromatic N) is 1. The number of ether oxygens (including phenoxy) is 1. The predicted octanol–water partition coefficient (Wildman–Crippen LogP) is 4.34. The Labute approximate surface area is 144 Å². The van der Waals surface area contributed by atoms with Crippen LogP contribution >= 0.6 is 0 Å². The summed E-state index contributed by atoms with van der Waals surface area (Å²) in [4.78, 5) is 16.6. The molecular formula is C18H20F3NO3. The number of hydrogen-bond donors (Lipinski definition) is 1. The molecule has 136 valence electrons. The van der Waals surface area contributed by atoms with Crippen molar-refractivity contribution in [3.63, 3.8) is 0 Å². The number of carbonyl (C=O) groups excluding carboxylic acids is 1. The van der Waals surface area contributed by atoms with Crippen LogP contribution in [0.1, 0.15) is 45.1 Å². The van der Waals surface area contributed by atoms with Crippen molar-refractivity contribution >= 4 is 17.4 Å². The van der Waals surface area contributed by atoms with Gasteiger partial charge in [-0.2, -0.15) is 0 Å². The van der Waals surface area contributed by atoms with E-state index in [1.54, 1.807) is 6.92 Å². The molecule has 0 amide bonds. The number of benzene rings is 1. The van der Waals surface area contributed by atoms with Crippen molar-refractivity contribution in [3.8, 4) is 0 Å². The van der Waals surface area contributed by atoms with Gasteiger partial charge >= 0.3 is 5.97 Å². The summed E-state index contributed by atoms with van der Waals surface area (Å²) >= 11 is 0. The summed E-state index contributed by atoms with van der Waals surface area (Å²) in [6, 6.07) is 0.821. The highest BCUT2D eigenvalue weighted by Gasteiger charge is 2.25. The van der Waals surface area contributed by atoms with E-state index in [0.717, 1.165) is 25.7 Å². The zero-order valence-electron chi connectivity index (χ0n) is 14.1. The lowest BCUT2D eigenvalue weighted by molar-refractivity contribution is -0.137. The summed E-state index contributed by atoms with van der Waals surface area (Å²) in [6.07, 6.45) is 3.74. The highest BCUT2D eigenvalue weighted by molar-refractivity contribution is 6.23. The number of aliphatic hydroxyl groups excluding tert-OH is 1. The third kappa shape index (κ3) is 4.41. The van der Waals surface area contributed by atoms with E-state index in [0.29, 0.717) is 12.1 Å². The van der Waals surface area contributed by atoms with Crippen molar-refractivity contribution in [2.75, 3.05) is 6.61 Å². The molecule has 0 radical (unpaired) electrons. The summed E-state index contributed by atoms with van der Waals surface area (Å²) in [7, 11) is 0. The lowest BCUT2D eigenvalue weighted by atomic mass is 10.0. The number of hydrogen-bond acceptors (Lipinski definition) is 4. The van der Waals surface area contributed by atoms with E-state index in [1.165, 1.54) is 6.92 Å². The van der Waals surface area contributed by atoms with Crippen molar-refractivity contribution in [2.24, 2.45) is 4.99 Å². The molecule has 1 aromatic rings. The standard InChI is InChI=1S/C18H20F3NO3/c1-3-25-18(24)16(10(2)22-11-6-4-5-7-11)17(23)12-8-14(20)15(21)9-13(12)19/h8-9,11,23H,3-7H2,1-2H3. The van der Waals surface area contributed by atoms with E-state index in [2.05, 4.69) is 4.99 Å².